The molecule has 1 amide bonds. The van der Waals surface area contributed by atoms with E-state index in [4.69, 9.17) is 0 Å². The summed E-state index contributed by atoms with van der Waals surface area (Å²) in [5.41, 5.74) is 0.569. The lowest BCUT2D eigenvalue weighted by Gasteiger charge is -2.28. The van der Waals surface area contributed by atoms with Crippen molar-refractivity contribution in [3.05, 3.63) is 29.8 Å². The van der Waals surface area contributed by atoms with E-state index in [2.05, 4.69) is 10.0 Å². The van der Waals surface area contributed by atoms with Gasteiger partial charge in [0, 0.05) is 30.2 Å². The summed E-state index contributed by atoms with van der Waals surface area (Å²) in [6, 6.07) is 6.99. The smallest absolute Gasteiger partial charge is 0.254 e. The van der Waals surface area contributed by atoms with Crippen LogP contribution >= 0.6 is 12.4 Å². The summed E-state index contributed by atoms with van der Waals surface area (Å²) in [5.74, 6) is 0.0188. The van der Waals surface area contributed by atoms with Crippen LogP contribution in [0.25, 0.3) is 0 Å². The summed E-state index contributed by atoms with van der Waals surface area (Å²) in [4.78, 5) is 15.1. The highest BCUT2D eigenvalue weighted by atomic mass is 35.5. The van der Waals surface area contributed by atoms with Crippen molar-refractivity contribution < 1.29 is 13.2 Å². The van der Waals surface area contributed by atoms with Gasteiger partial charge in [-0.05, 0) is 62.9 Å². The van der Waals surface area contributed by atoms with Gasteiger partial charge >= 0.3 is 0 Å². The molecule has 8 heteroatoms. The van der Waals surface area contributed by atoms with Gasteiger partial charge < -0.3 is 10.2 Å². The number of rotatable bonds is 4. The van der Waals surface area contributed by atoms with Gasteiger partial charge in [-0.3, -0.25) is 4.79 Å². The second kappa shape index (κ2) is 7.23. The minimum atomic E-state index is -3.46. The summed E-state index contributed by atoms with van der Waals surface area (Å²) >= 11 is 0. The summed E-state index contributed by atoms with van der Waals surface area (Å²) < 4.78 is 27.1. The van der Waals surface area contributed by atoms with Gasteiger partial charge in [-0.2, -0.15) is 0 Å². The number of carbonyl (C=O) groups excluding carboxylic acids is 1. The Hall–Kier alpha value is -1.15. The molecule has 1 aliphatic carbocycles. The quantitative estimate of drug-likeness (QED) is 0.823. The maximum absolute atomic E-state index is 12.9. The topological polar surface area (TPSA) is 78.5 Å². The number of halogens is 1. The monoisotopic (exact) mass is 385 g/mol. The van der Waals surface area contributed by atoms with E-state index in [0.29, 0.717) is 11.6 Å². The van der Waals surface area contributed by atoms with Crippen molar-refractivity contribution in [2.24, 2.45) is 0 Å². The van der Waals surface area contributed by atoms with Crippen molar-refractivity contribution >= 4 is 28.3 Å². The van der Waals surface area contributed by atoms with Crippen LogP contribution in [0.5, 0.6) is 0 Å². The number of hydrogen-bond acceptors (Lipinski definition) is 4. The van der Waals surface area contributed by atoms with E-state index >= 15 is 0 Å². The second-order valence-corrected chi connectivity index (χ2v) is 8.72. The number of amides is 1. The summed E-state index contributed by atoms with van der Waals surface area (Å²) in [6.07, 6.45) is 4.90. The molecular formula is C17H24ClN3O3S. The Labute approximate surface area is 154 Å². The van der Waals surface area contributed by atoms with Gasteiger partial charge in [-0.1, -0.05) is 0 Å². The zero-order valence-electron chi connectivity index (χ0n) is 14.0. The predicted octanol–water partition coefficient (Wildman–Crippen LogP) is 1.52. The number of hydrogen-bond donors (Lipinski definition) is 2. The van der Waals surface area contributed by atoms with Crippen molar-refractivity contribution in [2.75, 3.05) is 13.1 Å². The fourth-order valence-corrected chi connectivity index (χ4v) is 5.03. The van der Waals surface area contributed by atoms with E-state index in [9.17, 15) is 13.2 Å². The van der Waals surface area contributed by atoms with Crippen molar-refractivity contribution in [2.45, 2.75) is 55.1 Å². The zero-order chi connectivity index (χ0) is 16.7. The Morgan fingerprint density at radius 3 is 2.40 bits per heavy atom. The Bertz CT molecular complexity index is 720. The molecule has 1 aromatic carbocycles. The van der Waals surface area contributed by atoms with Crippen LogP contribution in [0.1, 0.15) is 42.5 Å². The van der Waals surface area contributed by atoms with Gasteiger partial charge in [-0.25, -0.2) is 13.1 Å². The minimum Gasteiger partial charge on any atom is -0.331 e. The highest BCUT2D eigenvalue weighted by Gasteiger charge is 2.38. The molecule has 2 unspecified atom stereocenters. The van der Waals surface area contributed by atoms with Crippen LogP contribution in [0.4, 0.5) is 0 Å². The van der Waals surface area contributed by atoms with E-state index in [1.54, 1.807) is 12.1 Å². The number of fused-ring (bicyclic) bond motifs is 2. The summed E-state index contributed by atoms with van der Waals surface area (Å²) in [5, 5.41) is 3.39. The molecule has 1 aromatic rings. The van der Waals surface area contributed by atoms with Gasteiger partial charge in [0.15, 0.2) is 0 Å². The maximum Gasteiger partial charge on any atom is 0.254 e. The molecule has 2 atom stereocenters. The molecule has 2 N–H and O–H groups in total. The van der Waals surface area contributed by atoms with Gasteiger partial charge in [0.2, 0.25) is 10.0 Å². The van der Waals surface area contributed by atoms with E-state index in [1.165, 1.54) is 12.1 Å². The number of sulfonamides is 1. The molecule has 0 radical (unpaired) electrons. The van der Waals surface area contributed by atoms with Crippen molar-refractivity contribution in [1.29, 1.82) is 0 Å². The van der Waals surface area contributed by atoms with Crippen molar-refractivity contribution in [3.63, 3.8) is 0 Å². The first-order chi connectivity index (χ1) is 11.5. The molecule has 0 aromatic heterocycles. The van der Waals surface area contributed by atoms with Crippen LogP contribution in [0, 0.1) is 0 Å². The average Bonchev–Trinajstić information content (AvgIpc) is 3.29. The van der Waals surface area contributed by atoms with E-state index in [-0.39, 0.29) is 35.3 Å². The normalized spacial score (nSPS) is 26.0. The standard InChI is InChI=1S/C17H23N3O3S.ClH/c21-17(20-14-5-6-15(20)11-18-10-9-14)12-1-7-16(8-2-12)24(22,23)19-13-3-4-13;/h1-2,7-8,13-15,18-19H,3-6,9-11H2;1H. The molecule has 4 rings (SSSR count). The zero-order valence-corrected chi connectivity index (χ0v) is 15.6. The third-order valence-corrected chi connectivity index (χ3v) is 6.74. The molecule has 2 heterocycles. The van der Waals surface area contributed by atoms with E-state index in [1.807, 2.05) is 4.90 Å². The summed E-state index contributed by atoms with van der Waals surface area (Å²) in [7, 11) is -3.46. The third kappa shape index (κ3) is 3.84. The number of carbonyl (C=O) groups is 1. The molecule has 6 nitrogen and oxygen atoms in total. The molecular weight excluding hydrogens is 362 g/mol. The average molecular weight is 386 g/mol. The molecule has 3 fully saturated rings. The van der Waals surface area contributed by atoms with Crippen molar-refractivity contribution in [1.82, 2.24) is 14.9 Å². The first-order valence-electron chi connectivity index (χ1n) is 8.70. The molecule has 2 aliphatic heterocycles. The molecule has 2 saturated heterocycles. The minimum absolute atomic E-state index is 0. The lowest BCUT2D eigenvalue weighted by Crippen LogP contribution is -2.42. The maximum atomic E-state index is 12.9. The van der Waals surface area contributed by atoms with E-state index in [0.717, 1.165) is 45.2 Å². The van der Waals surface area contributed by atoms with Crippen LogP contribution in [0.3, 0.4) is 0 Å². The number of nitrogens with zero attached hydrogens (tertiary/aromatic N) is 1. The van der Waals surface area contributed by atoms with Gasteiger partial charge in [0.25, 0.3) is 5.91 Å². The summed E-state index contributed by atoms with van der Waals surface area (Å²) in [6.45, 7) is 1.80. The van der Waals surface area contributed by atoms with Crippen LogP contribution in [0.15, 0.2) is 29.2 Å². The fourth-order valence-electron chi connectivity index (χ4n) is 3.73. The molecule has 2 bridgehead atoms. The largest absolute Gasteiger partial charge is 0.331 e. The van der Waals surface area contributed by atoms with Gasteiger partial charge in [0.05, 0.1) is 4.90 Å². The lowest BCUT2D eigenvalue weighted by atomic mass is 10.1. The van der Waals surface area contributed by atoms with Gasteiger partial charge in [-0.15, -0.1) is 12.4 Å². The Balaban J connectivity index is 0.00000182. The van der Waals surface area contributed by atoms with Crippen LogP contribution in [0.2, 0.25) is 0 Å². The van der Waals surface area contributed by atoms with Crippen LogP contribution in [-0.4, -0.2) is 50.4 Å². The molecule has 1 saturated carbocycles. The SMILES string of the molecule is Cl.O=C(c1ccc(S(=O)(=O)NC2CC2)cc1)N1C2CCNCC1CC2. The predicted molar refractivity (Wildman–Crippen MR) is 97.5 cm³/mol. The third-order valence-electron chi connectivity index (χ3n) is 5.20. The molecule has 0 spiro atoms. The molecule has 25 heavy (non-hydrogen) atoms. The highest BCUT2D eigenvalue weighted by molar-refractivity contribution is 7.89. The number of nitrogens with one attached hydrogen (secondary N) is 2. The van der Waals surface area contributed by atoms with Crippen LogP contribution < -0.4 is 10.0 Å². The first-order valence-corrected chi connectivity index (χ1v) is 10.2. The van der Waals surface area contributed by atoms with Crippen LogP contribution in [-0.2, 0) is 10.0 Å². The second-order valence-electron chi connectivity index (χ2n) is 7.01. The fraction of sp³-hybridized carbons (Fsp3) is 0.588. The molecule has 3 aliphatic rings. The van der Waals surface area contributed by atoms with Gasteiger partial charge in [0.1, 0.15) is 0 Å². The lowest BCUT2D eigenvalue weighted by molar-refractivity contribution is 0.0680. The Kier molecular flexibility index (Phi) is 5.39. The molecule has 138 valence electrons. The number of benzene rings is 1. The first kappa shape index (κ1) is 18.6. The Morgan fingerprint density at radius 2 is 1.72 bits per heavy atom. The van der Waals surface area contributed by atoms with Crippen molar-refractivity contribution in [3.8, 4) is 0 Å². The Morgan fingerprint density at radius 1 is 1.04 bits per heavy atom. The highest BCUT2D eigenvalue weighted by Crippen LogP contribution is 2.30. The van der Waals surface area contributed by atoms with E-state index < -0.39 is 10.0 Å².